The second-order valence-electron chi connectivity index (χ2n) is 4.72. The van der Waals surface area contributed by atoms with Gasteiger partial charge in [0, 0.05) is 29.1 Å². The van der Waals surface area contributed by atoms with Gasteiger partial charge in [0.05, 0.1) is 5.69 Å². The second-order valence-corrected chi connectivity index (χ2v) is 6.10. The Morgan fingerprint density at radius 1 is 0.952 bits per heavy atom. The molecule has 3 aromatic rings. The summed E-state index contributed by atoms with van der Waals surface area (Å²) in [7, 11) is 0. The molecule has 0 saturated heterocycles. The van der Waals surface area contributed by atoms with Gasteiger partial charge in [-0.2, -0.15) is 0 Å². The van der Waals surface area contributed by atoms with Crippen molar-refractivity contribution in [1.82, 2.24) is 10.3 Å². The number of nitrogens with zero attached hydrogens (tertiary/aromatic N) is 1. The van der Waals surface area contributed by atoms with E-state index in [1.165, 1.54) is 5.56 Å². The topological polar surface area (TPSA) is 24.9 Å². The molecule has 2 aromatic carbocycles. The van der Waals surface area contributed by atoms with E-state index >= 15 is 0 Å². The minimum Gasteiger partial charge on any atom is -0.306 e. The average Bonchev–Trinajstić information content (AvgIpc) is 2.99. The van der Waals surface area contributed by atoms with Gasteiger partial charge < -0.3 is 5.32 Å². The van der Waals surface area contributed by atoms with Gasteiger partial charge in [0.1, 0.15) is 5.01 Å². The third-order valence-corrected chi connectivity index (χ3v) is 4.24. The molecular weight excluding hydrogens is 300 g/mol. The molecule has 0 aliphatic rings. The normalized spacial score (nSPS) is 10.7. The van der Waals surface area contributed by atoms with E-state index in [4.69, 9.17) is 11.6 Å². The fraction of sp³-hybridized carbons (Fsp3) is 0.118. The van der Waals surface area contributed by atoms with Gasteiger partial charge in [-0.3, -0.25) is 0 Å². The van der Waals surface area contributed by atoms with E-state index in [9.17, 15) is 0 Å². The van der Waals surface area contributed by atoms with Crippen molar-refractivity contribution in [3.63, 3.8) is 0 Å². The Morgan fingerprint density at radius 2 is 1.71 bits per heavy atom. The Labute approximate surface area is 133 Å². The zero-order valence-electron chi connectivity index (χ0n) is 11.4. The van der Waals surface area contributed by atoms with E-state index in [-0.39, 0.29) is 0 Å². The molecular formula is C17H15ClN2S. The number of rotatable bonds is 5. The number of hydrogen-bond donors (Lipinski definition) is 1. The average molecular weight is 315 g/mol. The molecule has 4 heteroatoms. The van der Waals surface area contributed by atoms with Crippen molar-refractivity contribution in [3.05, 3.63) is 75.6 Å². The smallest absolute Gasteiger partial charge is 0.107 e. The first-order valence-electron chi connectivity index (χ1n) is 6.76. The van der Waals surface area contributed by atoms with Crippen LogP contribution in [0.25, 0.3) is 11.3 Å². The zero-order chi connectivity index (χ0) is 14.5. The molecule has 0 fully saturated rings. The molecule has 0 bridgehead atoms. The number of halogens is 1. The lowest BCUT2D eigenvalue weighted by atomic mass is 10.2. The highest BCUT2D eigenvalue weighted by atomic mass is 35.5. The van der Waals surface area contributed by atoms with Crippen LogP contribution in [0.3, 0.4) is 0 Å². The fourth-order valence-corrected chi connectivity index (χ4v) is 2.95. The van der Waals surface area contributed by atoms with Crippen LogP contribution in [0.15, 0.2) is 60.0 Å². The van der Waals surface area contributed by atoms with Crippen molar-refractivity contribution in [2.45, 2.75) is 13.1 Å². The van der Waals surface area contributed by atoms with Crippen LogP contribution in [0.1, 0.15) is 10.6 Å². The Morgan fingerprint density at radius 3 is 2.48 bits per heavy atom. The van der Waals surface area contributed by atoms with E-state index in [0.717, 1.165) is 34.4 Å². The minimum atomic E-state index is 0.770. The van der Waals surface area contributed by atoms with E-state index < -0.39 is 0 Å². The molecule has 3 rings (SSSR count). The van der Waals surface area contributed by atoms with E-state index in [0.29, 0.717) is 0 Å². The van der Waals surface area contributed by atoms with Crippen molar-refractivity contribution in [2.75, 3.05) is 0 Å². The monoisotopic (exact) mass is 314 g/mol. The molecule has 0 amide bonds. The third kappa shape index (κ3) is 3.91. The Hall–Kier alpha value is -1.68. The van der Waals surface area contributed by atoms with Crippen molar-refractivity contribution >= 4 is 22.9 Å². The molecule has 2 nitrogen and oxygen atoms in total. The molecule has 0 saturated carbocycles. The number of aromatic nitrogens is 1. The molecule has 0 unspecified atom stereocenters. The van der Waals surface area contributed by atoms with Gasteiger partial charge in [0.25, 0.3) is 0 Å². The van der Waals surface area contributed by atoms with Gasteiger partial charge in [-0.05, 0) is 17.7 Å². The fourth-order valence-electron chi connectivity index (χ4n) is 2.05. The van der Waals surface area contributed by atoms with Crippen LogP contribution >= 0.6 is 22.9 Å². The lowest BCUT2D eigenvalue weighted by molar-refractivity contribution is 0.690. The van der Waals surface area contributed by atoms with Crippen LogP contribution in [-0.4, -0.2) is 4.98 Å². The molecule has 1 N–H and O–H groups in total. The number of benzene rings is 2. The van der Waals surface area contributed by atoms with Crippen molar-refractivity contribution in [3.8, 4) is 11.3 Å². The van der Waals surface area contributed by atoms with E-state index in [2.05, 4.69) is 27.8 Å². The highest BCUT2D eigenvalue weighted by Gasteiger charge is 2.03. The lowest BCUT2D eigenvalue weighted by Crippen LogP contribution is -2.12. The van der Waals surface area contributed by atoms with Crippen LogP contribution in [0.2, 0.25) is 5.02 Å². The zero-order valence-corrected chi connectivity index (χ0v) is 13.0. The minimum absolute atomic E-state index is 0.770. The predicted molar refractivity (Wildman–Crippen MR) is 89.5 cm³/mol. The Kier molecular flexibility index (Phi) is 4.65. The maximum Gasteiger partial charge on any atom is 0.107 e. The summed E-state index contributed by atoms with van der Waals surface area (Å²) in [5.74, 6) is 0. The summed E-state index contributed by atoms with van der Waals surface area (Å²) in [6, 6.07) is 18.1. The molecule has 1 aromatic heterocycles. The van der Waals surface area contributed by atoms with Crippen molar-refractivity contribution in [2.24, 2.45) is 0 Å². The van der Waals surface area contributed by atoms with Crippen molar-refractivity contribution in [1.29, 1.82) is 0 Å². The number of hydrogen-bond acceptors (Lipinski definition) is 3. The Bertz CT molecular complexity index is 692. The lowest BCUT2D eigenvalue weighted by Gasteiger charge is -2.03. The maximum atomic E-state index is 5.87. The number of thiazole rings is 1. The largest absolute Gasteiger partial charge is 0.306 e. The maximum absolute atomic E-state index is 5.87. The summed E-state index contributed by atoms with van der Waals surface area (Å²) in [5.41, 5.74) is 3.43. The molecule has 21 heavy (non-hydrogen) atoms. The molecule has 106 valence electrons. The summed E-state index contributed by atoms with van der Waals surface area (Å²) < 4.78 is 0. The highest BCUT2D eigenvalue weighted by Crippen LogP contribution is 2.21. The van der Waals surface area contributed by atoms with Gasteiger partial charge in [0.15, 0.2) is 0 Å². The van der Waals surface area contributed by atoms with Gasteiger partial charge >= 0.3 is 0 Å². The van der Waals surface area contributed by atoms with E-state index in [1.807, 2.05) is 42.5 Å². The quantitative estimate of drug-likeness (QED) is 0.735. The molecule has 0 spiro atoms. The Balaban J connectivity index is 1.57. The van der Waals surface area contributed by atoms with Gasteiger partial charge in [-0.1, -0.05) is 54.1 Å². The first-order chi connectivity index (χ1) is 10.3. The highest BCUT2D eigenvalue weighted by molar-refractivity contribution is 7.09. The SMILES string of the molecule is Clc1ccc(CNCc2nc(-c3ccccc3)cs2)cc1. The van der Waals surface area contributed by atoms with Crippen LogP contribution in [0.5, 0.6) is 0 Å². The summed E-state index contributed by atoms with van der Waals surface area (Å²) in [4.78, 5) is 4.66. The number of nitrogens with one attached hydrogen (secondary N) is 1. The van der Waals surface area contributed by atoms with Crippen LogP contribution < -0.4 is 5.32 Å². The third-order valence-electron chi connectivity index (χ3n) is 3.14. The standard InChI is InChI=1S/C17H15ClN2S/c18-15-8-6-13(7-9-15)10-19-11-17-20-16(12-21-17)14-4-2-1-3-5-14/h1-9,12,19H,10-11H2. The first-order valence-corrected chi connectivity index (χ1v) is 8.02. The second kappa shape index (κ2) is 6.85. The van der Waals surface area contributed by atoms with Gasteiger partial charge in [-0.25, -0.2) is 4.98 Å². The summed E-state index contributed by atoms with van der Waals surface area (Å²) in [6.45, 7) is 1.59. The van der Waals surface area contributed by atoms with Crippen LogP contribution in [0.4, 0.5) is 0 Å². The van der Waals surface area contributed by atoms with Gasteiger partial charge in [0.2, 0.25) is 0 Å². The molecule has 1 heterocycles. The van der Waals surface area contributed by atoms with E-state index in [1.54, 1.807) is 11.3 Å². The van der Waals surface area contributed by atoms with Crippen molar-refractivity contribution < 1.29 is 0 Å². The predicted octanol–water partition coefficient (Wildman–Crippen LogP) is 4.75. The molecule has 0 atom stereocenters. The summed E-state index contributed by atoms with van der Waals surface area (Å²) >= 11 is 7.56. The molecule has 0 radical (unpaired) electrons. The van der Waals surface area contributed by atoms with Crippen LogP contribution in [-0.2, 0) is 13.1 Å². The van der Waals surface area contributed by atoms with Crippen LogP contribution in [0, 0.1) is 0 Å². The molecule has 0 aliphatic heterocycles. The first kappa shape index (κ1) is 14.3. The van der Waals surface area contributed by atoms with Gasteiger partial charge in [-0.15, -0.1) is 11.3 Å². The summed E-state index contributed by atoms with van der Waals surface area (Å²) in [5, 5.41) is 7.38. The summed E-state index contributed by atoms with van der Waals surface area (Å²) in [6.07, 6.45) is 0. The molecule has 0 aliphatic carbocycles.